The van der Waals surface area contributed by atoms with Gasteiger partial charge in [-0.2, -0.15) is 13.2 Å². The van der Waals surface area contributed by atoms with E-state index in [1.165, 1.54) is 12.1 Å². The first kappa shape index (κ1) is 14.7. The van der Waals surface area contributed by atoms with Crippen LogP contribution in [0.1, 0.15) is 30.9 Å². The van der Waals surface area contributed by atoms with E-state index in [0.29, 0.717) is 11.6 Å². The maximum atomic E-state index is 12.9. The fourth-order valence-corrected chi connectivity index (χ4v) is 2.35. The Bertz CT molecular complexity index is 521. The van der Waals surface area contributed by atoms with E-state index in [4.69, 9.17) is 11.1 Å². The number of benzene rings is 1. The molecule has 0 heterocycles. The van der Waals surface area contributed by atoms with Gasteiger partial charge in [-0.25, -0.2) is 0 Å². The van der Waals surface area contributed by atoms with Crippen LogP contribution in [0.4, 0.5) is 18.9 Å². The quantitative estimate of drug-likeness (QED) is 0.659. The highest BCUT2D eigenvalue weighted by Crippen LogP contribution is 2.38. The average Bonchev–Trinajstić information content (AvgIpc) is 3.19. The monoisotopic (exact) mass is 285 g/mol. The van der Waals surface area contributed by atoms with Crippen molar-refractivity contribution in [3.63, 3.8) is 0 Å². The SMILES string of the molecule is CC(C1CC1)N(C)c1ccc(C(F)(F)F)c(C(=N)N)c1. The molecule has 1 aliphatic carbocycles. The third-order valence-electron chi connectivity index (χ3n) is 3.92. The molecular weight excluding hydrogens is 267 g/mol. The Balaban J connectivity index is 2.37. The van der Waals surface area contributed by atoms with E-state index < -0.39 is 17.6 Å². The third-order valence-corrected chi connectivity index (χ3v) is 3.92. The zero-order valence-electron chi connectivity index (χ0n) is 11.5. The molecule has 2 rings (SSSR count). The van der Waals surface area contributed by atoms with E-state index >= 15 is 0 Å². The fourth-order valence-electron chi connectivity index (χ4n) is 2.35. The van der Waals surface area contributed by atoms with Gasteiger partial charge in [0.05, 0.1) is 5.56 Å². The Kier molecular flexibility index (Phi) is 3.67. The number of nitrogen functional groups attached to an aromatic ring is 1. The summed E-state index contributed by atoms with van der Waals surface area (Å²) < 4.78 is 38.6. The van der Waals surface area contributed by atoms with Gasteiger partial charge in [-0.05, 0) is 43.9 Å². The Morgan fingerprint density at radius 1 is 1.40 bits per heavy atom. The number of nitrogens with zero attached hydrogens (tertiary/aromatic N) is 1. The van der Waals surface area contributed by atoms with Crippen LogP contribution in [-0.2, 0) is 6.18 Å². The molecule has 0 spiro atoms. The highest BCUT2D eigenvalue weighted by molar-refractivity contribution is 5.97. The highest BCUT2D eigenvalue weighted by Gasteiger charge is 2.35. The van der Waals surface area contributed by atoms with Crippen molar-refractivity contribution >= 4 is 11.5 Å². The van der Waals surface area contributed by atoms with Crippen LogP contribution in [0.25, 0.3) is 0 Å². The van der Waals surface area contributed by atoms with Gasteiger partial charge in [-0.15, -0.1) is 0 Å². The number of alkyl halides is 3. The van der Waals surface area contributed by atoms with Crippen LogP contribution in [0.15, 0.2) is 18.2 Å². The molecule has 1 saturated carbocycles. The van der Waals surface area contributed by atoms with E-state index in [2.05, 4.69) is 6.92 Å². The lowest BCUT2D eigenvalue weighted by atomic mass is 10.0. The zero-order valence-corrected chi connectivity index (χ0v) is 11.5. The first-order valence-electron chi connectivity index (χ1n) is 6.50. The van der Waals surface area contributed by atoms with Crippen LogP contribution < -0.4 is 10.6 Å². The van der Waals surface area contributed by atoms with Crippen molar-refractivity contribution in [3.05, 3.63) is 29.3 Å². The second kappa shape index (κ2) is 5.00. The Morgan fingerprint density at radius 3 is 2.45 bits per heavy atom. The number of halogens is 3. The van der Waals surface area contributed by atoms with Crippen molar-refractivity contribution in [2.24, 2.45) is 11.7 Å². The number of rotatable bonds is 4. The molecule has 6 heteroatoms. The van der Waals surface area contributed by atoms with Gasteiger partial charge in [-0.3, -0.25) is 5.41 Å². The minimum Gasteiger partial charge on any atom is -0.384 e. The van der Waals surface area contributed by atoms with Gasteiger partial charge in [0.25, 0.3) is 0 Å². The van der Waals surface area contributed by atoms with E-state index in [1.54, 1.807) is 0 Å². The normalized spacial score (nSPS) is 16.9. The molecule has 110 valence electrons. The molecule has 0 saturated heterocycles. The lowest BCUT2D eigenvalue weighted by molar-refractivity contribution is -0.137. The predicted molar refractivity (Wildman–Crippen MR) is 73.0 cm³/mol. The molecule has 0 amide bonds. The summed E-state index contributed by atoms with van der Waals surface area (Å²) in [6.07, 6.45) is -2.18. The minimum atomic E-state index is -4.50. The summed E-state index contributed by atoms with van der Waals surface area (Å²) in [6, 6.07) is 4.06. The topological polar surface area (TPSA) is 53.1 Å². The zero-order chi connectivity index (χ0) is 15.1. The Labute approximate surface area is 116 Å². The summed E-state index contributed by atoms with van der Waals surface area (Å²) in [5.41, 5.74) is 4.83. The van der Waals surface area contributed by atoms with E-state index in [9.17, 15) is 13.2 Å². The molecule has 0 radical (unpaired) electrons. The molecule has 3 nitrogen and oxygen atoms in total. The van der Waals surface area contributed by atoms with Gasteiger partial charge in [0, 0.05) is 24.3 Å². The smallest absolute Gasteiger partial charge is 0.384 e. The Hall–Kier alpha value is -1.72. The van der Waals surface area contributed by atoms with Crippen molar-refractivity contribution < 1.29 is 13.2 Å². The van der Waals surface area contributed by atoms with E-state index in [-0.39, 0.29) is 11.6 Å². The summed E-state index contributed by atoms with van der Waals surface area (Å²) in [5.74, 6) is 0.0368. The number of hydrogen-bond acceptors (Lipinski definition) is 2. The first-order chi connectivity index (χ1) is 9.21. The first-order valence-corrected chi connectivity index (χ1v) is 6.50. The molecule has 1 fully saturated rings. The molecule has 1 unspecified atom stereocenters. The summed E-state index contributed by atoms with van der Waals surface area (Å²) in [7, 11) is 1.86. The van der Waals surface area contributed by atoms with Crippen molar-refractivity contribution in [1.82, 2.24) is 0 Å². The largest absolute Gasteiger partial charge is 0.417 e. The number of nitrogens with two attached hydrogens (primary N) is 1. The molecule has 0 aromatic heterocycles. The maximum Gasteiger partial charge on any atom is 0.417 e. The second-order valence-corrected chi connectivity index (χ2v) is 5.33. The van der Waals surface area contributed by atoms with E-state index in [1.807, 2.05) is 11.9 Å². The van der Waals surface area contributed by atoms with Gasteiger partial charge in [0.2, 0.25) is 0 Å². The van der Waals surface area contributed by atoms with Crippen LogP contribution in [0.3, 0.4) is 0 Å². The molecule has 0 bridgehead atoms. The molecule has 1 aromatic rings. The lowest BCUT2D eigenvalue weighted by Crippen LogP contribution is -2.31. The molecular formula is C14H18F3N3. The molecule has 3 N–H and O–H groups in total. The van der Waals surface area contributed by atoms with Gasteiger partial charge in [0.15, 0.2) is 0 Å². The fraction of sp³-hybridized carbons (Fsp3) is 0.500. The molecule has 1 atom stereocenters. The molecule has 1 aromatic carbocycles. The van der Waals surface area contributed by atoms with Gasteiger partial charge in [0.1, 0.15) is 5.84 Å². The number of amidine groups is 1. The van der Waals surface area contributed by atoms with Crippen molar-refractivity contribution in [2.45, 2.75) is 32.0 Å². The van der Waals surface area contributed by atoms with Crippen LogP contribution in [0, 0.1) is 11.3 Å². The minimum absolute atomic E-state index is 0.259. The van der Waals surface area contributed by atoms with Crippen LogP contribution in [0.2, 0.25) is 0 Å². The molecule has 0 aliphatic heterocycles. The molecule has 20 heavy (non-hydrogen) atoms. The van der Waals surface area contributed by atoms with Crippen molar-refractivity contribution in [1.29, 1.82) is 5.41 Å². The van der Waals surface area contributed by atoms with Gasteiger partial charge in [-0.1, -0.05) is 0 Å². The predicted octanol–water partition coefficient (Wildman–Crippen LogP) is 3.22. The van der Waals surface area contributed by atoms with Crippen LogP contribution in [0.5, 0.6) is 0 Å². The number of hydrogen-bond donors (Lipinski definition) is 2. The van der Waals surface area contributed by atoms with Gasteiger partial charge < -0.3 is 10.6 Å². The number of anilines is 1. The summed E-state index contributed by atoms with van der Waals surface area (Å²) >= 11 is 0. The van der Waals surface area contributed by atoms with Crippen molar-refractivity contribution in [3.8, 4) is 0 Å². The van der Waals surface area contributed by atoms with Crippen LogP contribution in [-0.4, -0.2) is 18.9 Å². The van der Waals surface area contributed by atoms with Crippen molar-refractivity contribution in [2.75, 3.05) is 11.9 Å². The van der Waals surface area contributed by atoms with Gasteiger partial charge >= 0.3 is 6.18 Å². The average molecular weight is 285 g/mol. The molecule has 1 aliphatic rings. The number of nitrogens with one attached hydrogen (secondary N) is 1. The maximum absolute atomic E-state index is 12.9. The van der Waals surface area contributed by atoms with E-state index in [0.717, 1.165) is 18.9 Å². The van der Waals surface area contributed by atoms with Crippen LogP contribution >= 0.6 is 0 Å². The Morgan fingerprint density at radius 2 is 2.00 bits per heavy atom. The standard InChI is InChI=1S/C14H18F3N3/c1-8(9-3-4-9)20(2)10-5-6-12(14(15,16)17)11(7-10)13(18)19/h5-9H,3-4H2,1-2H3,(H3,18,19). The summed E-state index contributed by atoms with van der Waals surface area (Å²) in [4.78, 5) is 1.95. The lowest BCUT2D eigenvalue weighted by Gasteiger charge is -2.28. The third kappa shape index (κ3) is 2.89. The summed E-state index contributed by atoms with van der Waals surface area (Å²) in [5, 5.41) is 7.36. The summed E-state index contributed by atoms with van der Waals surface area (Å²) in [6.45, 7) is 2.06. The highest BCUT2D eigenvalue weighted by atomic mass is 19.4. The second-order valence-electron chi connectivity index (χ2n) is 5.33.